The number of hydrogen-bond acceptors (Lipinski definition) is 5. The van der Waals surface area contributed by atoms with E-state index >= 15 is 0 Å². The van der Waals surface area contributed by atoms with Crippen molar-refractivity contribution in [1.82, 2.24) is 15.3 Å². The molecule has 0 spiro atoms. The van der Waals surface area contributed by atoms with E-state index in [1.54, 1.807) is 6.20 Å². The molecule has 5 rings (SSSR count). The Hall–Kier alpha value is -3.48. The third-order valence-corrected chi connectivity index (χ3v) is 6.68. The Balaban J connectivity index is 1.35. The lowest BCUT2D eigenvalue weighted by molar-refractivity contribution is -0.117. The highest BCUT2D eigenvalue weighted by molar-refractivity contribution is 5.94. The predicted molar refractivity (Wildman–Crippen MR) is 134 cm³/mol. The fourth-order valence-electron chi connectivity index (χ4n) is 4.52. The van der Waals surface area contributed by atoms with E-state index in [1.807, 2.05) is 32.9 Å². The molecule has 0 unspecified atom stereocenters. The molecule has 2 aliphatic rings. The number of pyridine rings is 1. The molecule has 2 heterocycles. The van der Waals surface area contributed by atoms with E-state index in [-0.39, 0.29) is 29.2 Å². The lowest BCUT2D eigenvalue weighted by Crippen LogP contribution is -2.29. The minimum atomic E-state index is -0.253. The maximum Gasteiger partial charge on any atom is 0.273 e. The lowest BCUT2D eigenvalue weighted by Gasteiger charge is -2.20. The van der Waals surface area contributed by atoms with Crippen LogP contribution in [0.15, 0.2) is 47.2 Å². The van der Waals surface area contributed by atoms with Crippen LogP contribution < -0.4 is 10.6 Å². The Labute approximate surface area is 205 Å². The molecule has 1 aromatic carbocycles. The highest BCUT2D eigenvalue weighted by Gasteiger charge is 2.30. The number of aryl methyl sites for hydroxylation is 1. The summed E-state index contributed by atoms with van der Waals surface area (Å²) in [4.78, 5) is 33.8. The third kappa shape index (κ3) is 5.29. The van der Waals surface area contributed by atoms with E-state index in [9.17, 15) is 9.59 Å². The molecule has 2 aliphatic carbocycles. The summed E-state index contributed by atoms with van der Waals surface area (Å²) >= 11 is 0. The summed E-state index contributed by atoms with van der Waals surface area (Å²) in [5.41, 5.74) is 4.53. The van der Waals surface area contributed by atoms with Crippen LogP contribution in [-0.4, -0.2) is 21.8 Å². The normalized spacial score (nSPS) is 17.9. The summed E-state index contributed by atoms with van der Waals surface area (Å²) in [6.07, 6.45) is 9.05. The number of rotatable bonds is 5. The number of oxazole rings is 1. The number of benzene rings is 1. The fraction of sp³-hybridized carbons (Fsp3) is 0.429. The molecule has 2 N–H and O–H groups in total. The summed E-state index contributed by atoms with van der Waals surface area (Å²) in [5, 5.41) is 6.11. The lowest BCUT2D eigenvalue weighted by atomic mass is 9.94. The van der Waals surface area contributed by atoms with E-state index in [0.717, 1.165) is 55.2 Å². The summed E-state index contributed by atoms with van der Waals surface area (Å²) in [5.74, 6) is 1.12. The average Bonchev–Trinajstić information content (AvgIpc) is 3.59. The third-order valence-electron chi connectivity index (χ3n) is 6.68. The van der Waals surface area contributed by atoms with E-state index in [4.69, 9.17) is 4.42 Å². The molecule has 1 fully saturated rings. The number of hydrogen-bond donors (Lipinski definition) is 2. The Morgan fingerprint density at radius 1 is 1.03 bits per heavy atom. The number of fused-ring (bicyclic) bond motifs is 1. The van der Waals surface area contributed by atoms with Gasteiger partial charge in [-0.2, -0.15) is 0 Å². The van der Waals surface area contributed by atoms with Gasteiger partial charge in [0.15, 0.2) is 11.6 Å². The molecule has 7 heteroatoms. The van der Waals surface area contributed by atoms with Crippen LogP contribution in [-0.2, 0) is 16.6 Å². The second-order valence-corrected chi connectivity index (χ2v) is 10.7. The van der Waals surface area contributed by atoms with E-state index in [1.165, 1.54) is 11.8 Å². The van der Waals surface area contributed by atoms with E-state index < -0.39 is 0 Å². The number of carbonyl (C=O) groups excluding carboxylic acids is 2. The van der Waals surface area contributed by atoms with Gasteiger partial charge in [-0.3, -0.25) is 9.59 Å². The molecule has 0 saturated heterocycles. The van der Waals surface area contributed by atoms with Crippen LogP contribution in [0.5, 0.6) is 0 Å². The zero-order chi connectivity index (χ0) is 24.6. The van der Waals surface area contributed by atoms with Crippen molar-refractivity contribution in [3.63, 3.8) is 0 Å². The molecule has 0 radical (unpaired) electrons. The molecule has 2 amide bonds. The molecule has 1 atom stereocenters. The summed E-state index contributed by atoms with van der Waals surface area (Å²) in [6, 6.07) is 10.2. The van der Waals surface area contributed by atoms with Crippen LogP contribution in [0.1, 0.15) is 86.4 Å². The molecule has 35 heavy (non-hydrogen) atoms. The van der Waals surface area contributed by atoms with Gasteiger partial charge in [-0.25, -0.2) is 9.97 Å². The van der Waals surface area contributed by atoms with Gasteiger partial charge in [0, 0.05) is 17.5 Å². The topological polar surface area (TPSA) is 97.1 Å². The summed E-state index contributed by atoms with van der Waals surface area (Å²) in [6.45, 7) is 6.02. The number of nitrogens with zero attached hydrogens (tertiary/aromatic N) is 2. The molecule has 182 valence electrons. The van der Waals surface area contributed by atoms with Crippen molar-refractivity contribution in [2.75, 3.05) is 5.32 Å². The van der Waals surface area contributed by atoms with Gasteiger partial charge in [0.1, 0.15) is 12.1 Å². The first-order valence-corrected chi connectivity index (χ1v) is 12.4. The SMILES string of the molecule is CC(C)(C)c1nc(C(=O)N[C@@H]2CCCCc3cc(-c4ccnc(NC(=O)C5CC5)c4)ccc32)co1. The maximum atomic E-state index is 13.0. The van der Waals surface area contributed by atoms with Crippen LogP contribution in [0.2, 0.25) is 0 Å². The van der Waals surface area contributed by atoms with Gasteiger partial charge in [-0.1, -0.05) is 45.4 Å². The highest BCUT2D eigenvalue weighted by atomic mass is 16.3. The fourth-order valence-corrected chi connectivity index (χ4v) is 4.52. The first kappa shape index (κ1) is 23.3. The second kappa shape index (κ2) is 9.29. The molecule has 0 aliphatic heterocycles. The molecule has 0 bridgehead atoms. The van der Waals surface area contributed by atoms with Crippen molar-refractivity contribution in [2.24, 2.45) is 5.92 Å². The summed E-state index contributed by atoms with van der Waals surface area (Å²) < 4.78 is 5.55. The Morgan fingerprint density at radius 2 is 1.83 bits per heavy atom. The number of aromatic nitrogens is 2. The van der Waals surface area contributed by atoms with Crippen molar-refractivity contribution in [3.8, 4) is 11.1 Å². The predicted octanol–water partition coefficient (Wildman–Crippen LogP) is 5.58. The van der Waals surface area contributed by atoms with E-state index in [2.05, 4.69) is 38.8 Å². The monoisotopic (exact) mass is 472 g/mol. The molecule has 2 aromatic heterocycles. The zero-order valence-electron chi connectivity index (χ0n) is 20.6. The van der Waals surface area contributed by atoms with Crippen LogP contribution in [0.3, 0.4) is 0 Å². The number of anilines is 1. The molecular formula is C28H32N4O3. The Morgan fingerprint density at radius 3 is 2.57 bits per heavy atom. The van der Waals surface area contributed by atoms with Gasteiger partial charge in [0.05, 0.1) is 6.04 Å². The highest BCUT2D eigenvalue weighted by Crippen LogP contribution is 2.34. The largest absolute Gasteiger partial charge is 0.448 e. The second-order valence-electron chi connectivity index (χ2n) is 10.7. The maximum absolute atomic E-state index is 13.0. The van der Waals surface area contributed by atoms with Gasteiger partial charge in [0.2, 0.25) is 5.91 Å². The number of amides is 2. The quantitative estimate of drug-likeness (QED) is 0.473. The smallest absolute Gasteiger partial charge is 0.273 e. The molecule has 3 aromatic rings. The molecule has 7 nitrogen and oxygen atoms in total. The molecule has 1 saturated carbocycles. The van der Waals surface area contributed by atoms with Gasteiger partial charge < -0.3 is 15.1 Å². The van der Waals surface area contributed by atoms with Crippen molar-refractivity contribution in [1.29, 1.82) is 0 Å². The minimum absolute atomic E-state index is 0.0527. The van der Waals surface area contributed by atoms with Gasteiger partial charge in [-0.15, -0.1) is 0 Å². The van der Waals surface area contributed by atoms with Crippen LogP contribution >= 0.6 is 0 Å². The van der Waals surface area contributed by atoms with Crippen LogP contribution in [0, 0.1) is 5.92 Å². The van der Waals surface area contributed by atoms with Gasteiger partial charge >= 0.3 is 0 Å². The average molecular weight is 473 g/mol. The van der Waals surface area contributed by atoms with Gasteiger partial charge in [-0.05, 0) is 66.5 Å². The van der Waals surface area contributed by atoms with Crippen molar-refractivity contribution in [3.05, 3.63) is 65.5 Å². The zero-order valence-corrected chi connectivity index (χ0v) is 20.6. The van der Waals surface area contributed by atoms with Crippen molar-refractivity contribution >= 4 is 17.6 Å². The van der Waals surface area contributed by atoms with Crippen molar-refractivity contribution in [2.45, 2.75) is 70.8 Å². The Kier molecular flexibility index (Phi) is 6.17. The molecular weight excluding hydrogens is 440 g/mol. The summed E-state index contributed by atoms with van der Waals surface area (Å²) in [7, 11) is 0. The van der Waals surface area contributed by atoms with Crippen LogP contribution in [0.4, 0.5) is 5.82 Å². The first-order chi connectivity index (χ1) is 16.8. The standard InChI is InChI=1S/C28H32N4O3/c1-28(2,3)27-31-23(16-35-27)26(34)30-22-7-5-4-6-20-14-18(10-11-21(20)22)19-12-13-29-24(15-19)32-25(33)17-8-9-17/h10-17,22H,4-9H2,1-3H3,(H,30,34)(H,29,32,33)/t22-/m1/s1. The van der Waals surface area contributed by atoms with Crippen molar-refractivity contribution < 1.29 is 14.0 Å². The minimum Gasteiger partial charge on any atom is -0.448 e. The Bertz CT molecular complexity index is 1250. The number of nitrogens with one attached hydrogen (secondary N) is 2. The first-order valence-electron chi connectivity index (χ1n) is 12.4. The van der Waals surface area contributed by atoms with Gasteiger partial charge in [0.25, 0.3) is 5.91 Å². The number of carbonyl (C=O) groups is 2. The van der Waals surface area contributed by atoms with E-state index in [0.29, 0.717) is 17.4 Å². The van der Waals surface area contributed by atoms with Crippen LogP contribution in [0.25, 0.3) is 11.1 Å².